The standard InChI is InChI=1S/C16H27N5O2S/c1-3-14(15-17-12(2)19-23-15)18-16(22)21-6-4-13(5-7-21)20-8-10-24-11-9-20/h13-14H,3-11H2,1-2H3,(H,18,22). The number of carbonyl (C=O) groups is 1. The molecule has 1 unspecified atom stereocenters. The van der Waals surface area contributed by atoms with Crippen molar-refractivity contribution < 1.29 is 9.32 Å². The summed E-state index contributed by atoms with van der Waals surface area (Å²) >= 11 is 2.04. The number of nitrogens with zero attached hydrogens (tertiary/aromatic N) is 4. The molecule has 3 heterocycles. The van der Waals surface area contributed by atoms with Crippen molar-refractivity contribution in [3.63, 3.8) is 0 Å². The molecule has 2 saturated heterocycles. The molecule has 0 radical (unpaired) electrons. The molecule has 1 N–H and O–H groups in total. The van der Waals surface area contributed by atoms with Gasteiger partial charge in [0.05, 0.1) is 0 Å². The number of thioether (sulfide) groups is 1. The lowest BCUT2D eigenvalue weighted by Gasteiger charge is -2.40. The van der Waals surface area contributed by atoms with E-state index in [1.54, 1.807) is 6.92 Å². The second-order valence-electron chi connectivity index (χ2n) is 6.46. The van der Waals surface area contributed by atoms with Gasteiger partial charge in [-0.1, -0.05) is 12.1 Å². The number of piperidine rings is 1. The second kappa shape index (κ2) is 8.20. The lowest BCUT2D eigenvalue weighted by molar-refractivity contribution is 0.122. The maximum absolute atomic E-state index is 12.5. The van der Waals surface area contributed by atoms with Gasteiger partial charge in [0.25, 0.3) is 0 Å². The number of likely N-dealkylation sites (tertiary alicyclic amines) is 1. The highest BCUT2D eigenvalue weighted by Gasteiger charge is 2.29. The van der Waals surface area contributed by atoms with E-state index in [1.165, 1.54) is 24.6 Å². The Balaban J connectivity index is 1.49. The van der Waals surface area contributed by atoms with Crippen molar-refractivity contribution >= 4 is 17.8 Å². The molecule has 1 atom stereocenters. The third-order valence-corrected chi connectivity index (χ3v) is 5.80. The Morgan fingerprint density at radius 3 is 2.62 bits per heavy atom. The lowest BCUT2D eigenvalue weighted by Crippen LogP contribution is -2.51. The summed E-state index contributed by atoms with van der Waals surface area (Å²) in [6.45, 7) is 7.81. The Labute approximate surface area is 147 Å². The molecular weight excluding hydrogens is 326 g/mol. The van der Waals surface area contributed by atoms with Gasteiger partial charge in [-0.25, -0.2) is 4.79 Å². The predicted octanol–water partition coefficient (Wildman–Crippen LogP) is 2.05. The van der Waals surface area contributed by atoms with Crippen molar-refractivity contribution in [2.75, 3.05) is 37.7 Å². The maximum Gasteiger partial charge on any atom is 0.318 e. The quantitative estimate of drug-likeness (QED) is 0.893. The molecule has 134 valence electrons. The summed E-state index contributed by atoms with van der Waals surface area (Å²) in [5.41, 5.74) is 0. The number of nitrogens with one attached hydrogen (secondary N) is 1. The normalized spacial score (nSPS) is 21.7. The highest BCUT2D eigenvalue weighted by molar-refractivity contribution is 7.99. The number of hydrogen-bond donors (Lipinski definition) is 1. The zero-order chi connectivity index (χ0) is 16.9. The van der Waals surface area contributed by atoms with Gasteiger partial charge in [0.1, 0.15) is 6.04 Å². The summed E-state index contributed by atoms with van der Waals surface area (Å²) in [7, 11) is 0. The fourth-order valence-corrected chi connectivity index (χ4v) is 4.34. The van der Waals surface area contributed by atoms with Gasteiger partial charge in [-0.15, -0.1) is 0 Å². The van der Waals surface area contributed by atoms with E-state index in [0.717, 1.165) is 32.4 Å². The molecule has 24 heavy (non-hydrogen) atoms. The number of aryl methyl sites for hydroxylation is 1. The first-order chi connectivity index (χ1) is 11.7. The molecule has 0 aliphatic carbocycles. The number of urea groups is 1. The van der Waals surface area contributed by atoms with Gasteiger partial charge < -0.3 is 14.7 Å². The van der Waals surface area contributed by atoms with Crippen molar-refractivity contribution in [2.45, 2.75) is 45.2 Å². The Morgan fingerprint density at radius 2 is 2.04 bits per heavy atom. The minimum Gasteiger partial charge on any atom is -0.337 e. The van der Waals surface area contributed by atoms with Gasteiger partial charge in [-0.05, 0) is 26.2 Å². The third kappa shape index (κ3) is 4.22. The average Bonchev–Trinajstić information content (AvgIpc) is 3.06. The molecule has 2 aliphatic heterocycles. The summed E-state index contributed by atoms with van der Waals surface area (Å²) in [4.78, 5) is 21.3. The van der Waals surface area contributed by atoms with Crippen molar-refractivity contribution in [2.24, 2.45) is 0 Å². The summed E-state index contributed by atoms with van der Waals surface area (Å²) in [5, 5.41) is 6.84. The number of hydrogen-bond acceptors (Lipinski definition) is 6. The predicted molar refractivity (Wildman–Crippen MR) is 94.1 cm³/mol. The van der Waals surface area contributed by atoms with E-state index in [4.69, 9.17) is 4.52 Å². The molecule has 0 bridgehead atoms. The van der Waals surface area contributed by atoms with Crippen LogP contribution in [0.5, 0.6) is 0 Å². The fraction of sp³-hybridized carbons (Fsp3) is 0.812. The van der Waals surface area contributed by atoms with Crippen molar-refractivity contribution in [3.8, 4) is 0 Å². The largest absolute Gasteiger partial charge is 0.337 e. The van der Waals surface area contributed by atoms with Crippen LogP contribution in [0, 0.1) is 6.92 Å². The summed E-state index contributed by atoms with van der Waals surface area (Å²) in [5.74, 6) is 3.56. The molecule has 7 nitrogen and oxygen atoms in total. The van der Waals surface area contributed by atoms with E-state index in [0.29, 0.717) is 17.8 Å². The van der Waals surface area contributed by atoms with Crippen LogP contribution in [-0.4, -0.2) is 69.7 Å². The van der Waals surface area contributed by atoms with Crippen molar-refractivity contribution in [3.05, 3.63) is 11.7 Å². The van der Waals surface area contributed by atoms with Crippen LogP contribution >= 0.6 is 11.8 Å². The smallest absolute Gasteiger partial charge is 0.318 e. The van der Waals surface area contributed by atoms with Gasteiger partial charge in [-0.3, -0.25) is 4.90 Å². The molecular formula is C16H27N5O2S. The molecule has 0 aromatic carbocycles. The second-order valence-corrected chi connectivity index (χ2v) is 7.68. The number of aromatic nitrogens is 2. The number of rotatable bonds is 4. The van der Waals surface area contributed by atoms with Gasteiger partial charge >= 0.3 is 6.03 Å². The Morgan fingerprint density at radius 1 is 1.33 bits per heavy atom. The molecule has 1 aromatic heterocycles. The Hall–Kier alpha value is -1.28. The topological polar surface area (TPSA) is 74.5 Å². The van der Waals surface area contributed by atoms with Crippen LogP contribution < -0.4 is 5.32 Å². The van der Waals surface area contributed by atoms with E-state index >= 15 is 0 Å². The fourth-order valence-electron chi connectivity index (χ4n) is 3.41. The number of amides is 2. The van der Waals surface area contributed by atoms with Crippen LogP contribution in [0.15, 0.2) is 4.52 Å². The Kier molecular flexibility index (Phi) is 5.99. The molecule has 2 aliphatic rings. The SMILES string of the molecule is CCC(NC(=O)N1CCC(N2CCSCC2)CC1)c1nc(C)no1. The molecule has 0 spiro atoms. The molecule has 3 rings (SSSR count). The van der Waals surface area contributed by atoms with Gasteiger partial charge in [0.2, 0.25) is 5.89 Å². The van der Waals surface area contributed by atoms with E-state index < -0.39 is 0 Å². The molecule has 2 fully saturated rings. The monoisotopic (exact) mass is 353 g/mol. The van der Waals surface area contributed by atoms with E-state index in [9.17, 15) is 4.79 Å². The minimum absolute atomic E-state index is 0.0228. The molecule has 0 saturated carbocycles. The first kappa shape index (κ1) is 17.5. The first-order valence-corrected chi connectivity index (χ1v) is 10.00. The van der Waals surface area contributed by atoms with Crippen LogP contribution in [0.4, 0.5) is 4.79 Å². The van der Waals surface area contributed by atoms with Gasteiger partial charge in [0.15, 0.2) is 5.82 Å². The highest BCUT2D eigenvalue weighted by Crippen LogP contribution is 2.21. The van der Waals surface area contributed by atoms with Gasteiger partial charge in [-0.2, -0.15) is 16.7 Å². The Bertz CT molecular complexity index is 538. The molecule has 8 heteroatoms. The maximum atomic E-state index is 12.5. The summed E-state index contributed by atoms with van der Waals surface area (Å²) in [6.07, 6.45) is 2.86. The zero-order valence-electron chi connectivity index (χ0n) is 14.5. The summed E-state index contributed by atoms with van der Waals surface area (Å²) in [6, 6.07) is 0.399. The van der Waals surface area contributed by atoms with Crippen LogP contribution in [0.3, 0.4) is 0 Å². The van der Waals surface area contributed by atoms with E-state index in [1.807, 2.05) is 23.6 Å². The molecule has 2 amide bonds. The molecule has 1 aromatic rings. The van der Waals surface area contributed by atoms with Crippen LogP contribution in [0.1, 0.15) is 43.9 Å². The summed E-state index contributed by atoms with van der Waals surface area (Å²) < 4.78 is 5.20. The van der Waals surface area contributed by atoms with Crippen LogP contribution in [0.25, 0.3) is 0 Å². The van der Waals surface area contributed by atoms with E-state index in [-0.39, 0.29) is 12.1 Å². The van der Waals surface area contributed by atoms with Crippen LogP contribution in [0.2, 0.25) is 0 Å². The lowest BCUT2D eigenvalue weighted by atomic mass is 10.0. The van der Waals surface area contributed by atoms with E-state index in [2.05, 4.69) is 20.4 Å². The van der Waals surface area contributed by atoms with Crippen LogP contribution in [-0.2, 0) is 0 Å². The highest BCUT2D eigenvalue weighted by atomic mass is 32.2. The third-order valence-electron chi connectivity index (χ3n) is 4.86. The van der Waals surface area contributed by atoms with Gasteiger partial charge in [0, 0.05) is 43.7 Å². The first-order valence-electron chi connectivity index (χ1n) is 8.84. The van der Waals surface area contributed by atoms with Crippen molar-refractivity contribution in [1.29, 1.82) is 0 Å². The average molecular weight is 353 g/mol. The minimum atomic E-state index is -0.212. The number of carbonyl (C=O) groups excluding carboxylic acids is 1. The van der Waals surface area contributed by atoms with Crippen molar-refractivity contribution in [1.82, 2.24) is 25.3 Å². The zero-order valence-corrected chi connectivity index (χ0v) is 15.3.